The van der Waals surface area contributed by atoms with E-state index in [0.717, 1.165) is 5.56 Å². The number of nitrogens with two attached hydrogens (primary N) is 1. The van der Waals surface area contributed by atoms with E-state index in [2.05, 4.69) is 5.10 Å². The summed E-state index contributed by atoms with van der Waals surface area (Å²) in [4.78, 5) is 39.7. The van der Waals surface area contributed by atoms with Crippen LogP contribution in [-0.4, -0.2) is 66.4 Å². The van der Waals surface area contributed by atoms with E-state index in [1.54, 1.807) is 12.1 Å². The van der Waals surface area contributed by atoms with Crippen LogP contribution in [0, 0.1) is 5.41 Å². The zero-order valence-corrected chi connectivity index (χ0v) is 22.2. The summed E-state index contributed by atoms with van der Waals surface area (Å²) >= 11 is 0. The third-order valence-corrected chi connectivity index (χ3v) is 7.01. The van der Waals surface area contributed by atoms with Gasteiger partial charge in [0.15, 0.2) is 6.10 Å². The van der Waals surface area contributed by atoms with Gasteiger partial charge in [-0.05, 0) is 30.2 Å². The summed E-state index contributed by atoms with van der Waals surface area (Å²) < 4.78 is 89.1. The van der Waals surface area contributed by atoms with Gasteiger partial charge in [0.05, 0.1) is 23.4 Å². The summed E-state index contributed by atoms with van der Waals surface area (Å²) in [6.45, 7) is -0.595. The van der Waals surface area contributed by atoms with Crippen molar-refractivity contribution in [1.29, 1.82) is 0 Å². The first-order valence-electron chi connectivity index (χ1n) is 12.7. The van der Waals surface area contributed by atoms with Crippen LogP contribution in [0.3, 0.4) is 0 Å². The van der Waals surface area contributed by atoms with E-state index >= 15 is 0 Å². The zero-order valence-electron chi connectivity index (χ0n) is 22.2. The van der Waals surface area contributed by atoms with Crippen molar-refractivity contribution in [2.24, 2.45) is 16.3 Å². The third kappa shape index (κ3) is 6.60. The molecular weight excluding hydrogens is 574 g/mol. The Bertz CT molecular complexity index is 1350. The van der Waals surface area contributed by atoms with Crippen molar-refractivity contribution in [3.8, 4) is 5.75 Å². The average Bonchev–Trinajstić information content (AvgIpc) is 3.15. The highest BCUT2D eigenvalue weighted by Gasteiger charge is 2.54. The van der Waals surface area contributed by atoms with Crippen LogP contribution in [-0.2, 0) is 33.1 Å². The number of hydrazone groups is 1. The maximum Gasteiger partial charge on any atom is 0.416 e. The second-order valence-electron chi connectivity index (χ2n) is 9.93. The molecule has 0 saturated carbocycles. The molecule has 2 atom stereocenters. The molecule has 2 N–H and O–H groups in total. The molecule has 15 heteroatoms. The predicted molar refractivity (Wildman–Crippen MR) is 135 cm³/mol. The van der Waals surface area contributed by atoms with Gasteiger partial charge in [0.1, 0.15) is 11.2 Å². The minimum absolute atomic E-state index is 0.0453. The topological polar surface area (TPSA) is 115 Å². The molecule has 2 aliphatic heterocycles. The Morgan fingerprint density at radius 3 is 2.24 bits per heavy atom. The fourth-order valence-corrected chi connectivity index (χ4v) is 5.09. The van der Waals surface area contributed by atoms with Crippen LogP contribution in [0.5, 0.6) is 5.75 Å². The smallest absolute Gasteiger partial charge is 0.416 e. The van der Waals surface area contributed by atoms with Crippen LogP contribution in [0.1, 0.15) is 29.5 Å². The van der Waals surface area contributed by atoms with Gasteiger partial charge in [-0.25, -0.2) is 9.80 Å². The fourth-order valence-electron chi connectivity index (χ4n) is 5.09. The molecule has 226 valence electrons. The van der Waals surface area contributed by atoms with Gasteiger partial charge in [-0.2, -0.15) is 31.4 Å². The molecular formula is C27H26F6N4O5. The zero-order chi connectivity index (χ0) is 30.9. The number of amides is 3. The summed E-state index contributed by atoms with van der Waals surface area (Å²) in [6, 6.07) is 9.81. The molecule has 1 saturated heterocycles. The molecule has 0 spiro atoms. The summed E-state index contributed by atoms with van der Waals surface area (Å²) in [5.41, 5.74) is 2.21. The number of benzene rings is 2. The van der Waals surface area contributed by atoms with Gasteiger partial charge in [0, 0.05) is 33.0 Å². The number of carbonyl (C=O) groups excluding carboxylic acids is 3. The van der Waals surface area contributed by atoms with E-state index in [1.807, 2.05) is 18.2 Å². The number of rotatable bonds is 8. The number of hydrogen-bond acceptors (Lipinski definition) is 6. The molecule has 42 heavy (non-hydrogen) atoms. The lowest BCUT2D eigenvalue weighted by molar-refractivity contribution is -0.145. The molecule has 2 aliphatic rings. The summed E-state index contributed by atoms with van der Waals surface area (Å²) in [5.74, 6) is -1.84. The third-order valence-electron chi connectivity index (χ3n) is 7.01. The molecule has 0 aromatic heterocycles. The highest BCUT2D eigenvalue weighted by Crippen LogP contribution is 2.40. The van der Waals surface area contributed by atoms with Gasteiger partial charge in [0.2, 0.25) is 0 Å². The number of hydrogen-bond donors (Lipinski definition) is 1. The largest absolute Gasteiger partial charge is 0.493 e. The van der Waals surface area contributed by atoms with Crippen molar-refractivity contribution in [3.05, 3.63) is 65.2 Å². The van der Waals surface area contributed by atoms with Crippen molar-refractivity contribution in [3.63, 3.8) is 0 Å². The van der Waals surface area contributed by atoms with Crippen LogP contribution in [0.2, 0.25) is 0 Å². The van der Waals surface area contributed by atoms with Crippen LogP contribution in [0.25, 0.3) is 0 Å². The van der Waals surface area contributed by atoms with Gasteiger partial charge in [-0.3, -0.25) is 9.59 Å². The van der Waals surface area contributed by atoms with Gasteiger partial charge < -0.3 is 20.1 Å². The van der Waals surface area contributed by atoms with Crippen molar-refractivity contribution in [2.45, 2.75) is 37.7 Å². The average molecular weight is 601 g/mol. The molecule has 0 aliphatic carbocycles. The lowest BCUT2D eigenvalue weighted by atomic mass is 9.73. The van der Waals surface area contributed by atoms with Crippen molar-refractivity contribution >= 4 is 23.6 Å². The van der Waals surface area contributed by atoms with Crippen LogP contribution < -0.4 is 10.5 Å². The minimum Gasteiger partial charge on any atom is -0.493 e. The number of fused-ring (bicyclic) bond motifs is 1. The Morgan fingerprint density at radius 2 is 1.67 bits per heavy atom. The van der Waals surface area contributed by atoms with E-state index in [1.165, 1.54) is 17.0 Å². The second-order valence-corrected chi connectivity index (χ2v) is 9.93. The summed E-state index contributed by atoms with van der Waals surface area (Å²) in [5, 5.41) is 5.57. The molecule has 2 aromatic rings. The van der Waals surface area contributed by atoms with E-state index in [4.69, 9.17) is 15.2 Å². The highest BCUT2D eigenvalue weighted by molar-refractivity contribution is 6.13. The molecule has 4 rings (SSSR count). The van der Waals surface area contributed by atoms with E-state index in [0.29, 0.717) is 17.8 Å². The summed E-state index contributed by atoms with van der Waals surface area (Å²) in [7, 11) is 1.50. The number of halogens is 6. The maximum atomic E-state index is 13.5. The van der Waals surface area contributed by atoms with Crippen molar-refractivity contribution in [2.75, 3.05) is 26.7 Å². The Kier molecular flexibility index (Phi) is 8.41. The molecule has 0 bridgehead atoms. The molecule has 3 amide bonds. The molecule has 0 radical (unpaired) electrons. The van der Waals surface area contributed by atoms with Gasteiger partial charge in [-0.15, -0.1) is 0 Å². The number of alkyl halides is 6. The first-order valence-corrected chi connectivity index (χ1v) is 12.7. The minimum atomic E-state index is -5.08. The normalized spacial score (nSPS) is 19.7. The molecule has 9 nitrogen and oxygen atoms in total. The molecule has 1 fully saturated rings. The van der Waals surface area contributed by atoms with Crippen molar-refractivity contribution in [1.82, 2.24) is 9.91 Å². The number of piperidine rings is 1. The van der Waals surface area contributed by atoms with E-state index < -0.39 is 65.8 Å². The van der Waals surface area contributed by atoms with Crippen molar-refractivity contribution < 1.29 is 50.2 Å². The number of ether oxygens (including phenoxy) is 2. The fraction of sp³-hybridized carbons (Fsp3) is 0.407. The second kappa shape index (κ2) is 11.5. The maximum absolute atomic E-state index is 13.5. The van der Waals surface area contributed by atoms with Gasteiger partial charge in [-0.1, -0.05) is 30.3 Å². The quantitative estimate of drug-likeness (QED) is 0.456. The van der Waals surface area contributed by atoms with Crippen LogP contribution in [0.4, 0.5) is 31.1 Å². The number of carbonyl (C=O) groups is 3. The standard InChI is InChI=1S/C27H26F6N4O5/c1-36-23(39)25(14-16-5-3-2-4-6-16)15-37(9-7-21(25)35-36)22(38)20(42-24(34)40)8-10-41-19-12-17(26(28,29)30)11-18(13-19)27(31,32)33/h2-6,11-13,20H,7-10,14-15H2,1H3,(H2,34,40)/t20-,25-/m1/s1. The first kappa shape index (κ1) is 30.7. The molecule has 0 unspecified atom stereocenters. The number of primary amides is 1. The Balaban J connectivity index is 1.52. The van der Waals surface area contributed by atoms with Gasteiger partial charge >= 0.3 is 18.4 Å². The number of nitrogens with zero attached hydrogens (tertiary/aromatic N) is 3. The lowest BCUT2D eigenvalue weighted by Crippen LogP contribution is -2.57. The van der Waals surface area contributed by atoms with Crippen LogP contribution >= 0.6 is 0 Å². The molecule has 2 aromatic carbocycles. The predicted octanol–water partition coefficient (Wildman–Crippen LogP) is 4.25. The Hall–Kier alpha value is -4.30. The summed E-state index contributed by atoms with van der Waals surface area (Å²) in [6.07, 6.45) is -13.1. The lowest BCUT2D eigenvalue weighted by Gasteiger charge is -2.40. The van der Waals surface area contributed by atoms with Gasteiger partial charge in [0.25, 0.3) is 11.8 Å². The van der Waals surface area contributed by atoms with Crippen LogP contribution in [0.15, 0.2) is 53.6 Å². The SMILES string of the molecule is CN1N=C2CCN(C(=O)[C@@H](CCOc3cc(C(F)(F)F)cc(C(F)(F)F)c3)OC(N)=O)C[C@@]2(Cc2ccccc2)C1=O. The monoisotopic (exact) mass is 600 g/mol. The Morgan fingerprint density at radius 1 is 1.05 bits per heavy atom. The highest BCUT2D eigenvalue weighted by atomic mass is 19.4. The first-order chi connectivity index (χ1) is 19.6. The Labute approximate surface area is 235 Å². The number of likely N-dealkylation sites (tertiary alicyclic amines) is 1. The van der Waals surface area contributed by atoms with E-state index in [9.17, 15) is 40.7 Å². The molecule has 2 heterocycles. The van der Waals surface area contributed by atoms with E-state index in [-0.39, 0.29) is 37.9 Å².